The second kappa shape index (κ2) is 10.5. The number of benzene rings is 2. The third-order valence-corrected chi connectivity index (χ3v) is 3.95. The van der Waals surface area contributed by atoms with Gasteiger partial charge in [0.2, 0.25) is 0 Å². The predicted octanol–water partition coefficient (Wildman–Crippen LogP) is 1.84. The Bertz CT molecular complexity index is 995. The molecule has 0 heterocycles. The molecule has 1 amide bonds. The normalized spacial score (nSPS) is 9.90. The summed E-state index contributed by atoms with van der Waals surface area (Å²) in [6, 6.07) is 9.62. The zero-order valence-corrected chi connectivity index (χ0v) is 16.9. The minimum absolute atomic E-state index is 0.00435. The quantitative estimate of drug-likeness (QED) is 0.517. The van der Waals surface area contributed by atoms with Gasteiger partial charge in [0.1, 0.15) is 0 Å². The third kappa shape index (κ3) is 5.89. The molecule has 0 aliphatic rings. The van der Waals surface area contributed by atoms with E-state index in [4.69, 9.17) is 4.74 Å². The molecule has 0 aliphatic heterocycles. The van der Waals surface area contributed by atoms with Gasteiger partial charge in [0, 0.05) is 5.69 Å². The molecule has 2 aromatic carbocycles. The maximum absolute atomic E-state index is 12.3. The van der Waals surface area contributed by atoms with E-state index in [1.54, 1.807) is 6.07 Å². The first-order chi connectivity index (χ1) is 14.8. The standard InChI is InChI=1S/C21H19NO9/c1-28-18(24)12-8-13(19(25)29-2)10-14(9-12)22-17(23)11-31-21(27)16-7-5-4-6-15(16)20(26)30-3/h4-10H,11H2,1-3H3,(H,22,23). The number of hydrogen-bond acceptors (Lipinski definition) is 9. The molecule has 0 saturated carbocycles. The van der Waals surface area contributed by atoms with E-state index in [1.165, 1.54) is 43.5 Å². The first-order valence-corrected chi connectivity index (χ1v) is 8.76. The molecule has 0 fully saturated rings. The highest BCUT2D eigenvalue weighted by molar-refractivity contribution is 6.04. The van der Waals surface area contributed by atoms with Crippen LogP contribution in [0.5, 0.6) is 0 Å². The molecule has 0 atom stereocenters. The number of amides is 1. The Morgan fingerprint density at radius 1 is 0.710 bits per heavy atom. The van der Waals surface area contributed by atoms with E-state index in [0.29, 0.717) is 0 Å². The van der Waals surface area contributed by atoms with Crippen molar-refractivity contribution in [3.05, 3.63) is 64.7 Å². The summed E-state index contributed by atoms with van der Waals surface area (Å²) in [6.45, 7) is -0.690. The van der Waals surface area contributed by atoms with Crippen LogP contribution >= 0.6 is 0 Å². The number of nitrogens with one attached hydrogen (secondary N) is 1. The molecule has 1 N–H and O–H groups in total. The van der Waals surface area contributed by atoms with Gasteiger partial charge in [-0.15, -0.1) is 0 Å². The molecule has 162 valence electrons. The van der Waals surface area contributed by atoms with Crippen LogP contribution in [0.25, 0.3) is 0 Å². The zero-order chi connectivity index (χ0) is 23.0. The average molecular weight is 429 g/mol. The molecule has 0 saturated heterocycles. The number of methoxy groups -OCH3 is 3. The van der Waals surface area contributed by atoms with Gasteiger partial charge in [-0.2, -0.15) is 0 Å². The lowest BCUT2D eigenvalue weighted by atomic mass is 10.1. The second-order valence-corrected chi connectivity index (χ2v) is 5.94. The molecule has 0 aliphatic carbocycles. The monoisotopic (exact) mass is 429 g/mol. The fourth-order valence-electron chi connectivity index (χ4n) is 2.53. The first kappa shape index (κ1) is 23.1. The summed E-state index contributed by atoms with van der Waals surface area (Å²) in [7, 11) is 3.50. The van der Waals surface area contributed by atoms with Gasteiger partial charge in [-0.1, -0.05) is 12.1 Å². The molecule has 2 rings (SSSR count). The summed E-state index contributed by atoms with van der Waals surface area (Å²) in [5.74, 6) is -3.84. The van der Waals surface area contributed by atoms with E-state index in [9.17, 15) is 24.0 Å². The van der Waals surface area contributed by atoms with Crippen LogP contribution in [0.15, 0.2) is 42.5 Å². The molecule has 2 aromatic rings. The maximum Gasteiger partial charge on any atom is 0.339 e. The highest BCUT2D eigenvalue weighted by atomic mass is 16.5. The minimum atomic E-state index is -0.908. The van der Waals surface area contributed by atoms with Crippen LogP contribution in [0, 0.1) is 0 Å². The van der Waals surface area contributed by atoms with Crippen molar-refractivity contribution in [3.63, 3.8) is 0 Å². The van der Waals surface area contributed by atoms with Crippen LogP contribution in [0.1, 0.15) is 41.4 Å². The van der Waals surface area contributed by atoms with Crippen LogP contribution in [0.3, 0.4) is 0 Å². The van der Waals surface area contributed by atoms with E-state index < -0.39 is 36.4 Å². The smallest absolute Gasteiger partial charge is 0.339 e. The van der Waals surface area contributed by atoms with Gasteiger partial charge >= 0.3 is 23.9 Å². The van der Waals surface area contributed by atoms with Gasteiger partial charge in [0.05, 0.1) is 43.6 Å². The topological polar surface area (TPSA) is 134 Å². The summed E-state index contributed by atoms with van der Waals surface area (Å²) in [6.07, 6.45) is 0. The highest BCUT2D eigenvalue weighted by Gasteiger charge is 2.20. The Hall–Kier alpha value is -4.21. The molecule has 10 nitrogen and oxygen atoms in total. The molecule has 10 heteroatoms. The van der Waals surface area contributed by atoms with E-state index in [2.05, 4.69) is 19.5 Å². The lowest BCUT2D eigenvalue weighted by molar-refractivity contribution is -0.119. The van der Waals surface area contributed by atoms with E-state index in [0.717, 1.165) is 14.2 Å². The number of esters is 4. The summed E-state index contributed by atoms with van der Waals surface area (Å²) < 4.78 is 18.8. The van der Waals surface area contributed by atoms with Crippen molar-refractivity contribution in [1.29, 1.82) is 0 Å². The Labute approximate surface area is 177 Å². The molecule has 0 aromatic heterocycles. The molecule has 31 heavy (non-hydrogen) atoms. The van der Waals surface area contributed by atoms with E-state index in [1.807, 2.05) is 0 Å². The van der Waals surface area contributed by atoms with Crippen LogP contribution in [-0.2, 0) is 23.7 Å². The Morgan fingerprint density at radius 2 is 1.19 bits per heavy atom. The number of ether oxygens (including phenoxy) is 4. The molecular weight excluding hydrogens is 410 g/mol. The Morgan fingerprint density at radius 3 is 1.68 bits per heavy atom. The lowest BCUT2D eigenvalue weighted by Gasteiger charge is -2.11. The van der Waals surface area contributed by atoms with Crippen molar-refractivity contribution in [2.45, 2.75) is 0 Å². The fourth-order valence-corrected chi connectivity index (χ4v) is 2.53. The largest absolute Gasteiger partial charge is 0.465 e. The van der Waals surface area contributed by atoms with Gasteiger partial charge in [-0.05, 0) is 30.3 Å². The summed E-state index contributed by atoms with van der Waals surface area (Å²) >= 11 is 0. The van der Waals surface area contributed by atoms with Crippen molar-refractivity contribution in [1.82, 2.24) is 0 Å². The maximum atomic E-state index is 12.3. The Balaban J connectivity index is 2.13. The van der Waals surface area contributed by atoms with Crippen molar-refractivity contribution >= 4 is 35.5 Å². The average Bonchev–Trinajstić information content (AvgIpc) is 2.80. The molecule has 0 bridgehead atoms. The van der Waals surface area contributed by atoms with Crippen molar-refractivity contribution in [2.75, 3.05) is 33.3 Å². The van der Waals surface area contributed by atoms with Gasteiger partial charge < -0.3 is 24.3 Å². The fraction of sp³-hybridized carbons (Fsp3) is 0.190. The Kier molecular flexibility index (Phi) is 7.84. The number of rotatable bonds is 7. The van der Waals surface area contributed by atoms with Crippen molar-refractivity contribution in [3.8, 4) is 0 Å². The van der Waals surface area contributed by atoms with Crippen molar-refractivity contribution in [2.24, 2.45) is 0 Å². The number of anilines is 1. The first-order valence-electron chi connectivity index (χ1n) is 8.76. The van der Waals surface area contributed by atoms with Gasteiger partial charge in [0.25, 0.3) is 5.91 Å². The van der Waals surface area contributed by atoms with E-state index >= 15 is 0 Å². The van der Waals surface area contributed by atoms with Crippen LogP contribution in [-0.4, -0.2) is 57.7 Å². The predicted molar refractivity (Wildman–Crippen MR) is 106 cm³/mol. The van der Waals surface area contributed by atoms with Crippen molar-refractivity contribution < 1.29 is 42.9 Å². The van der Waals surface area contributed by atoms with Crippen LogP contribution in [0.4, 0.5) is 5.69 Å². The summed E-state index contributed by atoms with van der Waals surface area (Å²) in [4.78, 5) is 59.9. The summed E-state index contributed by atoms with van der Waals surface area (Å²) in [5, 5.41) is 2.41. The van der Waals surface area contributed by atoms with E-state index in [-0.39, 0.29) is 27.9 Å². The minimum Gasteiger partial charge on any atom is -0.465 e. The number of carbonyl (C=O) groups is 5. The number of carbonyl (C=O) groups excluding carboxylic acids is 5. The van der Waals surface area contributed by atoms with Gasteiger partial charge in [-0.3, -0.25) is 4.79 Å². The molecule has 0 unspecified atom stereocenters. The lowest BCUT2D eigenvalue weighted by Crippen LogP contribution is -2.22. The third-order valence-electron chi connectivity index (χ3n) is 3.95. The molecular formula is C21H19NO9. The highest BCUT2D eigenvalue weighted by Crippen LogP contribution is 2.17. The molecule has 0 spiro atoms. The SMILES string of the molecule is COC(=O)c1cc(NC(=O)COC(=O)c2ccccc2C(=O)OC)cc(C(=O)OC)c1. The number of hydrogen-bond donors (Lipinski definition) is 1. The van der Waals surface area contributed by atoms with Gasteiger partial charge in [0.15, 0.2) is 6.61 Å². The molecule has 0 radical (unpaired) electrons. The van der Waals surface area contributed by atoms with Crippen LogP contribution < -0.4 is 5.32 Å². The zero-order valence-electron chi connectivity index (χ0n) is 16.9. The summed E-state index contributed by atoms with van der Waals surface area (Å²) in [5.41, 5.74) is 0.0143. The second-order valence-electron chi connectivity index (χ2n) is 5.94. The van der Waals surface area contributed by atoms with Crippen LogP contribution in [0.2, 0.25) is 0 Å². The van der Waals surface area contributed by atoms with Gasteiger partial charge in [-0.25, -0.2) is 19.2 Å².